The van der Waals surface area contributed by atoms with Crippen molar-refractivity contribution in [3.05, 3.63) is 47.4 Å². The van der Waals surface area contributed by atoms with Gasteiger partial charge in [-0.15, -0.1) is 0 Å². The first-order valence-corrected chi connectivity index (χ1v) is 7.32. The number of aryl methyl sites for hydroxylation is 1. The molecule has 1 aromatic carbocycles. The Bertz CT molecular complexity index is 677. The van der Waals surface area contributed by atoms with Crippen LogP contribution in [-0.2, 0) is 6.42 Å². The van der Waals surface area contributed by atoms with Gasteiger partial charge in [-0.1, -0.05) is 0 Å². The van der Waals surface area contributed by atoms with Gasteiger partial charge >= 0.3 is 0 Å². The van der Waals surface area contributed by atoms with E-state index >= 15 is 0 Å². The first kappa shape index (κ1) is 14.5. The van der Waals surface area contributed by atoms with Crippen LogP contribution in [0.5, 0.6) is 11.5 Å². The summed E-state index contributed by atoms with van der Waals surface area (Å²) in [7, 11) is 3.12. The van der Waals surface area contributed by atoms with E-state index in [1.807, 2.05) is 6.07 Å². The van der Waals surface area contributed by atoms with Gasteiger partial charge in [0.1, 0.15) is 5.76 Å². The van der Waals surface area contributed by atoms with Crippen molar-refractivity contribution in [2.45, 2.75) is 25.3 Å². The van der Waals surface area contributed by atoms with Gasteiger partial charge in [-0.25, -0.2) is 0 Å². The molecule has 116 valence electrons. The summed E-state index contributed by atoms with van der Waals surface area (Å²) in [6.45, 7) is 0. The zero-order chi connectivity index (χ0) is 15.5. The molecule has 1 N–H and O–H groups in total. The minimum Gasteiger partial charge on any atom is -0.493 e. The second kappa shape index (κ2) is 6.13. The van der Waals surface area contributed by atoms with Crippen LogP contribution in [0.1, 0.15) is 40.6 Å². The molecule has 5 heteroatoms. The maximum Gasteiger partial charge on any atom is 0.251 e. The summed E-state index contributed by atoms with van der Waals surface area (Å²) in [5.74, 6) is 2.00. The molecule has 1 unspecified atom stereocenters. The van der Waals surface area contributed by atoms with Gasteiger partial charge < -0.3 is 19.2 Å². The summed E-state index contributed by atoms with van der Waals surface area (Å²) < 4.78 is 15.9. The minimum atomic E-state index is -0.125. The fourth-order valence-electron chi connectivity index (χ4n) is 2.86. The Morgan fingerprint density at radius 3 is 2.82 bits per heavy atom. The predicted octanol–water partition coefficient (Wildman–Crippen LogP) is 3.10. The summed E-state index contributed by atoms with van der Waals surface area (Å²) in [5.41, 5.74) is 1.63. The third-order valence-corrected chi connectivity index (χ3v) is 4.00. The van der Waals surface area contributed by atoms with Crippen LogP contribution in [0, 0.1) is 0 Å². The lowest BCUT2D eigenvalue weighted by Crippen LogP contribution is -2.30. The van der Waals surface area contributed by atoms with Crippen molar-refractivity contribution in [3.8, 4) is 11.5 Å². The lowest BCUT2D eigenvalue weighted by molar-refractivity contribution is 0.0932. The Hall–Kier alpha value is -2.43. The van der Waals surface area contributed by atoms with Crippen LogP contribution in [0.25, 0.3) is 0 Å². The molecule has 0 fully saturated rings. The van der Waals surface area contributed by atoms with E-state index in [0.29, 0.717) is 17.1 Å². The molecular formula is C17H19NO4. The highest BCUT2D eigenvalue weighted by Crippen LogP contribution is 2.31. The topological polar surface area (TPSA) is 60.7 Å². The third-order valence-electron chi connectivity index (χ3n) is 4.00. The maximum atomic E-state index is 12.5. The second-order valence-electron chi connectivity index (χ2n) is 5.29. The van der Waals surface area contributed by atoms with Crippen molar-refractivity contribution in [3.63, 3.8) is 0 Å². The van der Waals surface area contributed by atoms with Crippen molar-refractivity contribution in [1.82, 2.24) is 5.32 Å². The third kappa shape index (κ3) is 2.66. The summed E-state index contributed by atoms with van der Waals surface area (Å²) in [5, 5.41) is 3.07. The SMILES string of the molecule is COc1ccc(C(=O)NC2CCCc3occc32)cc1OC. The zero-order valence-corrected chi connectivity index (χ0v) is 12.7. The fraction of sp³-hybridized carbons (Fsp3) is 0.353. The minimum absolute atomic E-state index is 0.00287. The molecule has 2 aromatic rings. The summed E-state index contributed by atoms with van der Waals surface area (Å²) in [6.07, 6.45) is 4.56. The first-order chi connectivity index (χ1) is 10.7. The molecule has 0 saturated heterocycles. The van der Waals surface area contributed by atoms with Gasteiger partial charge in [0.25, 0.3) is 5.91 Å². The number of benzene rings is 1. The van der Waals surface area contributed by atoms with Crippen LogP contribution in [0.3, 0.4) is 0 Å². The largest absolute Gasteiger partial charge is 0.493 e. The first-order valence-electron chi connectivity index (χ1n) is 7.32. The molecule has 1 aliphatic rings. The summed E-state index contributed by atoms with van der Waals surface area (Å²) in [4.78, 5) is 12.5. The van der Waals surface area contributed by atoms with Gasteiger partial charge in [-0.3, -0.25) is 4.79 Å². The van der Waals surface area contributed by atoms with Gasteiger partial charge in [0.2, 0.25) is 0 Å². The number of furan rings is 1. The molecule has 0 bridgehead atoms. The second-order valence-corrected chi connectivity index (χ2v) is 5.29. The number of methoxy groups -OCH3 is 2. The molecule has 1 heterocycles. The highest BCUT2D eigenvalue weighted by atomic mass is 16.5. The van der Waals surface area contributed by atoms with Crippen molar-refractivity contribution in [2.75, 3.05) is 14.2 Å². The normalized spacial score (nSPS) is 16.7. The molecular weight excluding hydrogens is 282 g/mol. The van der Waals surface area contributed by atoms with E-state index < -0.39 is 0 Å². The molecule has 0 spiro atoms. The summed E-state index contributed by atoms with van der Waals surface area (Å²) in [6, 6.07) is 7.10. The average Bonchev–Trinajstić information content (AvgIpc) is 3.03. The van der Waals surface area contributed by atoms with Crippen LogP contribution in [0.2, 0.25) is 0 Å². The van der Waals surface area contributed by atoms with Crippen LogP contribution in [0.15, 0.2) is 34.9 Å². The molecule has 0 saturated carbocycles. The lowest BCUT2D eigenvalue weighted by Gasteiger charge is -2.23. The van der Waals surface area contributed by atoms with Crippen LogP contribution < -0.4 is 14.8 Å². The van der Waals surface area contributed by atoms with Gasteiger partial charge in [-0.2, -0.15) is 0 Å². The van der Waals surface area contributed by atoms with E-state index in [-0.39, 0.29) is 11.9 Å². The fourth-order valence-corrected chi connectivity index (χ4v) is 2.86. The van der Waals surface area contributed by atoms with E-state index in [4.69, 9.17) is 13.9 Å². The number of nitrogens with one attached hydrogen (secondary N) is 1. The quantitative estimate of drug-likeness (QED) is 0.942. The highest BCUT2D eigenvalue weighted by Gasteiger charge is 2.24. The molecule has 1 atom stereocenters. The molecule has 1 amide bonds. The Morgan fingerprint density at radius 1 is 1.23 bits per heavy atom. The average molecular weight is 301 g/mol. The predicted molar refractivity (Wildman–Crippen MR) is 81.4 cm³/mol. The summed E-state index contributed by atoms with van der Waals surface area (Å²) >= 11 is 0. The Labute approximate surface area is 129 Å². The van der Waals surface area contributed by atoms with Gasteiger partial charge in [-0.05, 0) is 37.1 Å². The number of carbonyl (C=O) groups excluding carboxylic acids is 1. The van der Waals surface area contributed by atoms with Gasteiger partial charge in [0.05, 0.1) is 26.5 Å². The van der Waals surface area contributed by atoms with E-state index in [1.54, 1.807) is 38.7 Å². The molecule has 5 nitrogen and oxygen atoms in total. The van der Waals surface area contributed by atoms with Crippen molar-refractivity contribution in [1.29, 1.82) is 0 Å². The molecule has 3 rings (SSSR count). The van der Waals surface area contributed by atoms with E-state index in [9.17, 15) is 4.79 Å². The number of carbonyl (C=O) groups is 1. The van der Waals surface area contributed by atoms with Gasteiger partial charge in [0.15, 0.2) is 11.5 Å². The Morgan fingerprint density at radius 2 is 2.05 bits per heavy atom. The maximum absolute atomic E-state index is 12.5. The zero-order valence-electron chi connectivity index (χ0n) is 12.7. The van der Waals surface area contributed by atoms with Gasteiger partial charge in [0, 0.05) is 17.5 Å². The van der Waals surface area contributed by atoms with Crippen molar-refractivity contribution in [2.24, 2.45) is 0 Å². The molecule has 22 heavy (non-hydrogen) atoms. The number of fused-ring (bicyclic) bond motifs is 1. The molecule has 1 aliphatic carbocycles. The lowest BCUT2D eigenvalue weighted by atomic mass is 9.93. The number of hydrogen-bond acceptors (Lipinski definition) is 4. The smallest absolute Gasteiger partial charge is 0.251 e. The van der Waals surface area contributed by atoms with Crippen molar-refractivity contribution < 1.29 is 18.7 Å². The number of amides is 1. The van der Waals surface area contributed by atoms with Crippen molar-refractivity contribution >= 4 is 5.91 Å². The van der Waals surface area contributed by atoms with Crippen LogP contribution >= 0.6 is 0 Å². The molecule has 1 aromatic heterocycles. The molecule has 0 aliphatic heterocycles. The Balaban J connectivity index is 1.78. The van der Waals surface area contributed by atoms with E-state index in [1.165, 1.54) is 0 Å². The number of ether oxygens (including phenoxy) is 2. The number of rotatable bonds is 4. The standard InChI is InChI=1S/C17H19NO4/c1-20-15-7-6-11(10-16(15)21-2)17(19)18-13-4-3-5-14-12(13)8-9-22-14/h6-10,13H,3-5H2,1-2H3,(H,18,19). The van der Waals surface area contributed by atoms with E-state index in [2.05, 4.69) is 5.32 Å². The number of hydrogen-bond donors (Lipinski definition) is 1. The Kier molecular flexibility index (Phi) is 4.04. The highest BCUT2D eigenvalue weighted by molar-refractivity contribution is 5.95. The monoisotopic (exact) mass is 301 g/mol. The van der Waals surface area contributed by atoms with Crippen LogP contribution in [0.4, 0.5) is 0 Å². The van der Waals surface area contributed by atoms with Crippen LogP contribution in [-0.4, -0.2) is 20.1 Å². The van der Waals surface area contributed by atoms with E-state index in [0.717, 1.165) is 30.6 Å². The molecule has 0 radical (unpaired) electrons.